The minimum absolute atomic E-state index is 0.0588. The summed E-state index contributed by atoms with van der Waals surface area (Å²) in [4.78, 5) is 18.5. The van der Waals surface area contributed by atoms with Crippen LogP contribution in [-0.4, -0.2) is 17.9 Å². The van der Waals surface area contributed by atoms with Crippen molar-refractivity contribution < 1.29 is 9.53 Å². The summed E-state index contributed by atoms with van der Waals surface area (Å²) in [5.41, 5.74) is 2.47. The Labute approximate surface area is 174 Å². The van der Waals surface area contributed by atoms with Gasteiger partial charge in [0.2, 0.25) is 0 Å². The number of ether oxygens (including phenoxy) is 1. The van der Waals surface area contributed by atoms with Gasteiger partial charge in [-0.05, 0) is 60.7 Å². The molecule has 0 atom stereocenters. The summed E-state index contributed by atoms with van der Waals surface area (Å²) in [7, 11) is 1.61. The van der Waals surface area contributed by atoms with E-state index in [1.807, 2.05) is 48.5 Å². The van der Waals surface area contributed by atoms with Gasteiger partial charge < -0.3 is 4.74 Å². The fourth-order valence-corrected chi connectivity index (χ4v) is 3.84. The molecule has 0 aliphatic rings. The molecular formula is C25H19NO2S. The summed E-state index contributed by atoms with van der Waals surface area (Å²) in [5, 5.41) is 1.91. The van der Waals surface area contributed by atoms with Crippen LogP contribution in [0, 0.1) is 0 Å². The first-order valence-electron chi connectivity index (χ1n) is 9.22. The number of carbonyl (C=O) groups is 1. The molecule has 0 saturated carbocycles. The molecule has 1 heterocycles. The van der Waals surface area contributed by atoms with Gasteiger partial charge in [0.15, 0.2) is 5.78 Å². The van der Waals surface area contributed by atoms with Gasteiger partial charge in [-0.1, -0.05) is 48.2 Å². The van der Waals surface area contributed by atoms with Gasteiger partial charge in [-0.2, -0.15) is 0 Å². The van der Waals surface area contributed by atoms with Crippen molar-refractivity contribution >= 4 is 34.5 Å². The van der Waals surface area contributed by atoms with Crippen molar-refractivity contribution in [3.05, 3.63) is 102 Å². The molecule has 4 heteroatoms. The van der Waals surface area contributed by atoms with Gasteiger partial charge in [-0.15, -0.1) is 0 Å². The predicted molar refractivity (Wildman–Crippen MR) is 119 cm³/mol. The molecule has 0 radical (unpaired) electrons. The van der Waals surface area contributed by atoms with Crippen LogP contribution in [0.2, 0.25) is 0 Å². The molecule has 0 N–H and O–H groups in total. The van der Waals surface area contributed by atoms with Crippen LogP contribution < -0.4 is 4.74 Å². The van der Waals surface area contributed by atoms with E-state index in [2.05, 4.69) is 18.2 Å². The number of carbonyl (C=O) groups excluding carboxylic acids is 1. The average molecular weight is 397 g/mol. The lowest BCUT2D eigenvalue weighted by molar-refractivity contribution is 0.104. The highest BCUT2D eigenvalue weighted by Crippen LogP contribution is 2.31. The number of benzene rings is 3. The van der Waals surface area contributed by atoms with E-state index in [1.165, 1.54) is 0 Å². The molecular weight excluding hydrogens is 378 g/mol. The minimum Gasteiger partial charge on any atom is -0.497 e. The molecule has 0 bridgehead atoms. The van der Waals surface area contributed by atoms with E-state index in [0.29, 0.717) is 5.56 Å². The topological polar surface area (TPSA) is 39.2 Å². The number of nitrogens with zero attached hydrogens (tertiary/aromatic N) is 1. The van der Waals surface area contributed by atoms with Crippen LogP contribution in [0.5, 0.6) is 5.75 Å². The standard InChI is InChI=1S/C25H19NO2S/c1-28-21-14-11-18(12-15-21)24(27)16-13-20-17-19-7-5-6-10-23(19)26-25(20)29-22-8-3-2-4-9-22/h2-17H,1H3/b16-13+. The van der Waals surface area contributed by atoms with Crippen LogP contribution in [0.15, 0.2) is 101 Å². The first kappa shape index (κ1) is 19.0. The second kappa shape index (κ2) is 8.76. The number of ketones is 1. The zero-order valence-corrected chi connectivity index (χ0v) is 16.7. The maximum absolute atomic E-state index is 12.6. The van der Waals surface area contributed by atoms with Crippen molar-refractivity contribution in [2.45, 2.75) is 9.92 Å². The number of methoxy groups -OCH3 is 1. The third-order valence-electron chi connectivity index (χ3n) is 4.46. The molecule has 0 amide bonds. The van der Waals surface area contributed by atoms with Gasteiger partial charge in [0.05, 0.1) is 12.6 Å². The van der Waals surface area contributed by atoms with Crippen molar-refractivity contribution in [2.24, 2.45) is 0 Å². The van der Waals surface area contributed by atoms with Crippen LogP contribution in [0.3, 0.4) is 0 Å². The summed E-state index contributed by atoms with van der Waals surface area (Å²) < 4.78 is 5.15. The number of hydrogen-bond donors (Lipinski definition) is 0. The summed E-state index contributed by atoms with van der Waals surface area (Å²) in [6.45, 7) is 0. The van der Waals surface area contributed by atoms with Gasteiger partial charge in [0.25, 0.3) is 0 Å². The molecule has 3 nitrogen and oxygen atoms in total. The lowest BCUT2D eigenvalue weighted by Crippen LogP contribution is -1.95. The van der Waals surface area contributed by atoms with E-state index in [0.717, 1.165) is 32.1 Å². The highest BCUT2D eigenvalue weighted by molar-refractivity contribution is 7.99. The third-order valence-corrected chi connectivity index (χ3v) is 5.49. The Morgan fingerprint density at radius 3 is 2.41 bits per heavy atom. The number of para-hydroxylation sites is 1. The third kappa shape index (κ3) is 4.55. The van der Waals surface area contributed by atoms with Crippen molar-refractivity contribution in [3.8, 4) is 5.75 Å². The molecule has 3 aromatic carbocycles. The molecule has 0 unspecified atom stereocenters. The number of pyridine rings is 1. The second-order valence-electron chi connectivity index (χ2n) is 6.42. The monoisotopic (exact) mass is 397 g/mol. The quantitative estimate of drug-likeness (QED) is 0.283. The van der Waals surface area contributed by atoms with E-state index in [4.69, 9.17) is 9.72 Å². The molecule has 4 rings (SSSR count). The Morgan fingerprint density at radius 2 is 1.66 bits per heavy atom. The van der Waals surface area contributed by atoms with Crippen LogP contribution in [-0.2, 0) is 0 Å². The van der Waals surface area contributed by atoms with Crippen molar-refractivity contribution in [1.29, 1.82) is 0 Å². The van der Waals surface area contributed by atoms with Gasteiger partial charge >= 0.3 is 0 Å². The maximum atomic E-state index is 12.6. The summed E-state index contributed by atoms with van der Waals surface area (Å²) in [6.07, 6.45) is 3.44. The van der Waals surface area contributed by atoms with E-state index < -0.39 is 0 Å². The molecule has 0 saturated heterocycles. The minimum atomic E-state index is -0.0588. The van der Waals surface area contributed by atoms with E-state index >= 15 is 0 Å². The van der Waals surface area contributed by atoms with Gasteiger partial charge in [0.1, 0.15) is 10.8 Å². The molecule has 0 spiro atoms. The normalized spacial score (nSPS) is 11.1. The Balaban J connectivity index is 1.67. The first-order valence-corrected chi connectivity index (χ1v) is 10.0. The zero-order valence-electron chi connectivity index (χ0n) is 15.9. The van der Waals surface area contributed by atoms with Crippen LogP contribution in [0.1, 0.15) is 15.9 Å². The van der Waals surface area contributed by atoms with Crippen LogP contribution >= 0.6 is 11.8 Å². The average Bonchev–Trinajstić information content (AvgIpc) is 2.78. The Bertz CT molecular complexity index is 1170. The number of aromatic nitrogens is 1. The highest BCUT2D eigenvalue weighted by atomic mass is 32.2. The fourth-order valence-electron chi connectivity index (χ4n) is 2.93. The Kier molecular flexibility index (Phi) is 5.73. The second-order valence-corrected chi connectivity index (χ2v) is 7.48. The lowest BCUT2D eigenvalue weighted by Gasteiger charge is -2.08. The van der Waals surface area contributed by atoms with Gasteiger partial charge in [-0.3, -0.25) is 4.79 Å². The van der Waals surface area contributed by atoms with Crippen molar-refractivity contribution in [3.63, 3.8) is 0 Å². The first-order chi connectivity index (χ1) is 14.2. The maximum Gasteiger partial charge on any atom is 0.185 e. The Hall–Kier alpha value is -3.37. The van der Waals surface area contributed by atoms with E-state index in [9.17, 15) is 4.79 Å². The van der Waals surface area contributed by atoms with Crippen molar-refractivity contribution in [1.82, 2.24) is 4.98 Å². The Morgan fingerprint density at radius 1 is 0.931 bits per heavy atom. The highest BCUT2D eigenvalue weighted by Gasteiger charge is 2.08. The zero-order chi connectivity index (χ0) is 20.1. The SMILES string of the molecule is COc1ccc(C(=O)/C=C/c2cc3ccccc3nc2Sc2ccccc2)cc1. The molecule has 1 aromatic heterocycles. The van der Waals surface area contributed by atoms with E-state index in [1.54, 1.807) is 49.2 Å². The van der Waals surface area contributed by atoms with E-state index in [-0.39, 0.29) is 5.78 Å². The molecule has 0 aliphatic heterocycles. The number of rotatable bonds is 6. The predicted octanol–water partition coefficient (Wildman–Crippen LogP) is 6.29. The van der Waals surface area contributed by atoms with Gasteiger partial charge in [-0.25, -0.2) is 4.98 Å². The summed E-state index contributed by atoms with van der Waals surface area (Å²) in [5.74, 6) is 0.669. The number of fused-ring (bicyclic) bond motifs is 1. The fraction of sp³-hybridized carbons (Fsp3) is 0.0400. The lowest BCUT2D eigenvalue weighted by atomic mass is 10.1. The molecule has 4 aromatic rings. The van der Waals surface area contributed by atoms with Crippen LogP contribution in [0.4, 0.5) is 0 Å². The van der Waals surface area contributed by atoms with Crippen LogP contribution in [0.25, 0.3) is 17.0 Å². The van der Waals surface area contributed by atoms with Crippen molar-refractivity contribution in [2.75, 3.05) is 7.11 Å². The molecule has 29 heavy (non-hydrogen) atoms. The smallest absolute Gasteiger partial charge is 0.185 e. The molecule has 142 valence electrons. The largest absolute Gasteiger partial charge is 0.497 e. The molecule has 0 fully saturated rings. The summed E-state index contributed by atoms with van der Waals surface area (Å²) in [6, 6.07) is 27.3. The number of hydrogen-bond acceptors (Lipinski definition) is 4. The summed E-state index contributed by atoms with van der Waals surface area (Å²) >= 11 is 1.59. The van der Waals surface area contributed by atoms with Gasteiger partial charge in [0, 0.05) is 21.4 Å². The number of allylic oxidation sites excluding steroid dienone is 1. The molecule has 0 aliphatic carbocycles.